The SMILES string of the molecule is Cc1cc(C#Cc2ccc(O)c(N3CC(=O)NS3(=O)=O)c2F)no1. The van der Waals surface area contributed by atoms with Gasteiger partial charge in [-0.2, -0.15) is 8.42 Å². The molecule has 1 aromatic heterocycles. The number of phenols is 1. The van der Waals surface area contributed by atoms with Crippen LogP contribution in [-0.2, 0) is 15.0 Å². The van der Waals surface area contributed by atoms with Gasteiger partial charge < -0.3 is 9.63 Å². The smallest absolute Gasteiger partial charge is 0.326 e. The number of rotatable bonds is 1. The van der Waals surface area contributed by atoms with Crippen LogP contribution in [-0.4, -0.2) is 31.1 Å². The van der Waals surface area contributed by atoms with Gasteiger partial charge in [0.1, 0.15) is 23.7 Å². The molecule has 0 radical (unpaired) electrons. The summed E-state index contributed by atoms with van der Waals surface area (Å²) in [6, 6.07) is 3.82. The summed E-state index contributed by atoms with van der Waals surface area (Å²) in [6.45, 7) is 1.03. The third-order valence-corrected chi connectivity index (χ3v) is 4.50. The van der Waals surface area contributed by atoms with Crippen molar-refractivity contribution in [3.8, 4) is 17.6 Å². The number of aromatic nitrogens is 1. The topological polar surface area (TPSA) is 113 Å². The summed E-state index contributed by atoms with van der Waals surface area (Å²) in [5, 5.41) is 13.5. The number of hydrogen-bond donors (Lipinski definition) is 2. The van der Waals surface area contributed by atoms with Gasteiger partial charge in [-0.15, -0.1) is 0 Å². The van der Waals surface area contributed by atoms with Crippen molar-refractivity contribution < 1.29 is 27.2 Å². The third-order valence-electron chi connectivity index (χ3n) is 3.12. The van der Waals surface area contributed by atoms with Crippen LogP contribution in [0.4, 0.5) is 10.1 Å². The Morgan fingerprint density at radius 2 is 2.17 bits per heavy atom. The summed E-state index contributed by atoms with van der Waals surface area (Å²) in [5.74, 6) is 3.05. The van der Waals surface area contributed by atoms with Crippen molar-refractivity contribution in [1.82, 2.24) is 9.88 Å². The van der Waals surface area contributed by atoms with Gasteiger partial charge >= 0.3 is 10.2 Å². The molecule has 1 saturated heterocycles. The molecule has 8 nitrogen and oxygen atoms in total. The summed E-state index contributed by atoms with van der Waals surface area (Å²) in [7, 11) is -4.26. The van der Waals surface area contributed by atoms with Gasteiger partial charge in [-0.1, -0.05) is 11.1 Å². The van der Waals surface area contributed by atoms with E-state index in [2.05, 4.69) is 17.0 Å². The van der Waals surface area contributed by atoms with E-state index < -0.39 is 39.9 Å². The van der Waals surface area contributed by atoms with E-state index in [1.807, 2.05) is 0 Å². The minimum Gasteiger partial charge on any atom is -0.506 e. The number of anilines is 1. The number of phenolic OH excluding ortho intramolecular Hbond substituents is 1. The van der Waals surface area contributed by atoms with Gasteiger partial charge in [-0.25, -0.2) is 13.4 Å². The molecule has 1 aromatic carbocycles. The molecule has 0 saturated carbocycles. The second-order valence-electron chi connectivity index (χ2n) is 4.90. The van der Waals surface area contributed by atoms with E-state index in [9.17, 15) is 22.7 Å². The Morgan fingerprint density at radius 3 is 2.75 bits per heavy atom. The number of nitrogens with zero attached hydrogens (tertiary/aromatic N) is 2. The molecule has 24 heavy (non-hydrogen) atoms. The van der Waals surface area contributed by atoms with Crippen molar-refractivity contribution in [3.05, 3.63) is 41.0 Å². The average Bonchev–Trinajstić information content (AvgIpc) is 3.01. The molecule has 124 valence electrons. The van der Waals surface area contributed by atoms with Crippen molar-refractivity contribution in [1.29, 1.82) is 0 Å². The maximum absolute atomic E-state index is 14.6. The van der Waals surface area contributed by atoms with Crippen molar-refractivity contribution >= 4 is 21.8 Å². The first kappa shape index (κ1) is 15.8. The highest BCUT2D eigenvalue weighted by molar-refractivity contribution is 7.92. The zero-order valence-electron chi connectivity index (χ0n) is 12.2. The highest BCUT2D eigenvalue weighted by atomic mass is 32.2. The molecule has 3 rings (SSSR count). The molecule has 1 aliphatic rings. The molecule has 0 aliphatic carbocycles. The number of aromatic hydroxyl groups is 1. The van der Waals surface area contributed by atoms with Crippen LogP contribution >= 0.6 is 0 Å². The fraction of sp³-hybridized carbons (Fsp3) is 0.143. The van der Waals surface area contributed by atoms with Gasteiger partial charge in [0.15, 0.2) is 11.5 Å². The van der Waals surface area contributed by atoms with E-state index in [-0.39, 0.29) is 11.3 Å². The molecular weight excluding hydrogens is 341 g/mol. The molecule has 2 N–H and O–H groups in total. The number of aryl methyl sites for hydroxylation is 1. The van der Waals surface area contributed by atoms with Crippen LogP contribution in [0.1, 0.15) is 17.0 Å². The maximum Gasteiger partial charge on any atom is 0.326 e. The summed E-state index contributed by atoms with van der Waals surface area (Å²) in [5.41, 5.74) is -0.540. The highest BCUT2D eigenvalue weighted by Gasteiger charge is 2.37. The van der Waals surface area contributed by atoms with Crippen LogP contribution in [0, 0.1) is 24.6 Å². The normalized spacial score (nSPS) is 15.8. The van der Waals surface area contributed by atoms with Gasteiger partial charge in [0.2, 0.25) is 0 Å². The van der Waals surface area contributed by atoms with Crippen molar-refractivity contribution in [2.75, 3.05) is 10.8 Å². The van der Waals surface area contributed by atoms with Crippen LogP contribution in [0.2, 0.25) is 0 Å². The minimum atomic E-state index is -4.26. The average molecular weight is 351 g/mol. The van der Waals surface area contributed by atoms with E-state index in [1.54, 1.807) is 17.7 Å². The van der Waals surface area contributed by atoms with Crippen LogP contribution in [0.15, 0.2) is 22.7 Å². The second-order valence-corrected chi connectivity index (χ2v) is 6.50. The summed E-state index contributed by atoms with van der Waals surface area (Å²) in [4.78, 5) is 11.3. The Kier molecular flexibility index (Phi) is 3.65. The Balaban J connectivity index is 2.06. The fourth-order valence-corrected chi connectivity index (χ4v) is 3.25. The molecule has 10 heteroatoms. The Bertz CT molecular complexity index is 1000. The zero-order valence-corrected chi connectivity index (χ0v) is 13.0. The van der Waals surface area contributed by atoms with E-state index in [4.69, 9.17) is 4.52 Å². The number of nitrogens with one attached hydrogen (secondary N) is 1. The lowest BCUT2D eigenvalue weighted by Crippen LogP contribution is -2.30. The number of amides is 1. The summed E-state index contributed by atoms with van der Waals surface area (Å²) < 4.78 is 45.2. The lowest BCUT2D eigenvalue weighted by Gasteiger charge is -2.17. The number of carbonyl (C=O) groups is 1. The molecule has 2 heterocycles. The molecular formula is C14H10FN3O5S. The fourth-order valence-electron chi connectivity index (χ4n) is 2.09. The van der Waals surface area contributed by atoms with Crippen molar-refractivity contribution in [2.45, 2.75) is 6.92 Å². The van der Waals surface area contributed by atoms with Gasteiger partial charge in [0.05, 0.1) is 5.56 Å². The van der Waals surface area contributed by atoms with Gasteiger partial charge in [0.25, 0.3) is 5.91 Å². The van der Waals surface area contributed by atoms with Crippen LogP contribution in [0.3, 0.4) is 0 Å². The molecule has 0 bridgehead atoms. The molecule has 2 aromatic rings. The standard InChI is InChI=1S/C14H10FN3O5S/c1-8-6-10(16-23-8)4-2-9-3-5-11(19)14(13(9)15)18-7-12(20)17-24(18,21)22/h3,5-6,19H,7H2,1H3,(H,17,20). The largest absolute Gasteiger partial charge is 0.506 e. The quantitative estimate of drug-likeness (QED) is 0.720. The number of benzene rings is 1. The van der Waals surface area contributed by atoms with Crippen molar-refractivity contribution in [3.63, 3.8) is 0 Å². The monoisotopic (exact) mass is 351 g/mol. The Hall–Kier alpha value is -3.06. The first-order valence-electron chi connectivity index (χ1n) is 6.58. The maximum atomic E-state index is 14.6. The molecule has 0 spiro atoms. The van der Waals surface area contributed by atoms with E-state index in [0.29, 0.717) is 10.1 Å². The van der Waals surface area contributed by atoms with Gasteiger partial charge in [0, 0.05) is 6.07 Å². The van der Waals surface area contributed by atoms with Crippen molar-refractivity contribution in [2.24, 2.45) is 0 Å². The minimum absolute atomic E-state index is 0.169. The summed E-state index contributed by atoms with van der Waals surface area (Å²) >= 11 is 0. The number of halogens is 1. The highest BCUT2D eigenvalue weighted by Crippen LogP contribution is 2.34. The molecule has 0 unspecified atom stereocenters. The zero-order chi connectivity index (χ0) is 17.5. The number of carbonyl (C=O) groups excluding carboxylic acids is 1. The van der Waals surface area contributed by atoms with Gasteiger partial charge in [-0.3, -0.25) is 4.79 Å². The lowest BCUT2D eigenvalue weighted by molar-refractivity contribution is -0.117. The Morgan fingerprint density at radius 1 is 1.42 bits per heavy atom. The second kappa shape index (κ2) is 5.54. The predicted molar refractivity (Wildman–Crippen MR) is 79.7 cm³/mol. The lowest BCUT2D eigenvalue weighted by atomic mass is 10.1. The first-order chi connectivity index (χ1) is 11.3. The molecule has 1 amide bonds. The van der Waals surface area contributed by atoms with E-state index >= 15 is 0 Å². The molecule has 0 atom stereocenters. The van der Waals surface area contributed by atoms with Crippen LogP contribution in [0.25, 0.3) is 0 Å². The van der Waals surface area contributed by atoms with E-state index in [1.165, 1.54) is 6.07 Å². The van der Waals surface area contributed by atoms with Crippen LogP contribution in [0.5, 0.6) is 5.75 Å². The first-order valence-corrected chi connectivity index (χ1v) is 8.02. The van der Waals surface area contributed by atoms with Gasteiger partial charge in [-0.05, 0) is 25.0 Å². The van der Waals surface area contributed by atoms with Crippen LogP contribution < -0.4 is 9.03 Å². The molecule has 1 aliphatic heterocycles. The molecule has 1 fully saturated rings. The van der Waals surface area contributed by atoms with E-state index in [0.717, 1.165) is 6.07 Å². The third kappa shape index (κ3) is 2.77. The summed E-state index contributed by atoms with van der Waals surface area (Å²) in [6.07, 6.45) is 0. The Labute approximate surface area is 136 Å². The number of hydrogen-bond acceptors (Lipinski definition) is 6. The predicted octanol–water partition coefficient (Wildman–Crippen LogP) is 0.409.